The number of hydrogen-bond donors (Lipinski definition) is 2. The summed E-state index contributed by atoms with van der Waals surface area (Å²) in [4.78, 5) is 14.3. The normalized spacial score (nSPS) is 30.2. The summed E-state index contributed by atoms with van der Waals surface area (Å²) >= 11 is 0. The first-order valence-corrected chi connectivity index (χ1v) is 8.51. The maximum atomic E-state index is 12.5. The van der Waals surface area contributed by atoms with Crippen molar-refractivity contribution in [3.05, 3.63) is 0 Å². The molecular weight excluding hydrogens is 268 g/mol. The molecule has 5 heteroatoms. The number of urea groups is 1. The lowest BCUT2D eigenvalue weighted by Gasteiger charge is -2.54. The number of nitrogens with one attached hydrogen (secondary N) is 1. The zero-order chi connectivity index (χ0) is 14.9. The van der Waals surface area contributed by atoms with Gasteiger partial charge in [-0.25, -0.2) is 4.79 Å². The van der Waals surface area contributed by atoms with Gasteiger partial charge in [0.1, 0.15) is 0 Å². The van der Waals surface area contributed by atoms with E-state index in [1.165, 1.54) is 25.7 Å². The molecule has 0 aromatic carbocycles. The Bertz CT molecular complexity index is 378. The molecule has 0 aliphatic heterocycles. The summed E-state index contributed by atoms with van der Waals surface area (Å²) in [6, 6.07) is 0.612. The van der Waals surface area contributed by atoms with Crippen molar-refractivity contribution in [1.82, 2.24) is 10.2 Å². The highest BCUT2D eigenvalue weighted by Crippen LogP contribution is 2.54. The molecule has 0 unspecified atom stereocenters. The molecule has 3 saturated carbocycles. The van der Waals surface area contributed by atoms with E-state index in [0.717, 1.165) is 25.9 Å². The number of hydrogen-bond acceptors (Lipinski definition) is 3. The lowest BCUT2D eigenvalue weighted by atomic mass is 9.60. The Morgan fingerprint density at radius 3 is 2.67 bits per heavy atom. The molecule has 0 radical (unpaired) electrons. The van der Waals surface area contributed by atoms with Crippen molar-refractivity contribution >= 4 is 6.03 Å². The monoisotopic (exact) mass is 296 g/mol. The first kappa shape index (κ1) is 15.1. The summed E-state index contributed by atoms with van der Waals surface area (Å²) < 4.78 is 5.89. The van der Waals surface area contributed by atoms with Crippen molar-refractivity contribution in [2.24, 2.45) is 5.41 Å². The standard InChI is InChI=1S/C16H28N2O3/c1-2-21-14-11-13(16(14)7-3-4-8-16)17-15(20)18(9-10-19)12-5-6-12/h12-14,19H,2-11H2,1H3,(H,17,20)/t13-,14+/m1/s1. The average molecular weight is 296 g/mol. The third kappa shape index (κ3) is 2.78. The fourth-order valence-electron chi connectivity index (χ4n) is 4.26. The van der Waals surface area contributed by atoms with Crippen molar-refractivity contribution in [3.63, 3.8) is 0 Å². The molecule has 0 heterocycles. The number of rotatable bonds is 6. The van der Waals surface area contributed by atoms with E-state index in [1.807, 2.05) is 11.8 Å². The summed E-state index contributed by atoms with van der Waals surface area (Å²) in [7, 11) is 0. The minimum atomic E-state index is 0.0118. The van der Waals surface area contributed by atoms with Gasteiger partial charge < -0.3 is 20.1 Å². The minimum Gasteiger partial charge on any atom is -0.395 e. The van der Waals surface area contributed by atoms with Gasteiger partial charge in [0.15, 0.2) is 0 Å². The Labute approximate surface area is 127 Å². The molecule has 2 amide bonds. The van der Waals surface area contributed by atoms with Crippen LogP contribution in [-0.4, -0.2) is 54.0 Å². The minimum absolute atomic E-state index is 0.0118. The van der Waals surface area contributed by atoms with E-state index in [9.17, 15) is 4.79 Å². The maximum absolute atomic E-state index is 12.5. The number of aliphatic hydroxyl groups excluding tert-OH is 1. The molecule has 3 aliphatic carbocycles. The Hall–Kier alpha value is -0.810. The molecule has 0 saturated heterocycles. The Morgan fingerprint density at radius 1 is 1.38 bits per heavy atom. The third-order valence-corrected chi connectivity index (χ3v) is 5.57. The zero-order valence-electron chi connectivity index (χ0n) is 13.0. The molecule has 21 heavy (non-hydrogen) atoms. The number of amides is 2. The van der Waals surface area contributed by atoms with Crippen molar-refractivity contribution < 1.29 is 14.6 Å². The van der Waals surface area contributed by atoms with E-state index in [4.69, 9.17) is 9.84 Å². The number of ether oxygens (including phenoxy) is 1. The fraction of sp³-hybridized carbons (Fsp3) is 0.938. The Kier molecular flexibility index (Phi) is 4.41. The van der Waals surface area contributed by atoms with Gasteiger partial charge in [0.25, 0.3) is 0 Å². The number of carbonyl (C=O) groups excluding carboxylic acids is 1. The third-order valence-electron chi connectivity index (χ3n) is 5.57. The predicted molar refractivity (Wildman–Crippen MR) is 80.1 cm³/mol. The van der Waals surface area contributed by atoms with Crippen LogP contribution in [0.15, 0.2) is 0 Å². The second-order valence-corrected chi connectivity index (χ2v) is 6.77. The van der Waals surface area contributed by atoms with Gasteiger partial charge in [-0.1, -0.05) is 12.8 Å². The molecule has 0 aromatic heterocycles. The molecule has 2 atom stereocenters. The van der Waals surface area contributed by atoms with Crippen LogP contribution in [-0.2, 0) is 4.74 Å². The van der Waals surface area contributed by atoms with Gasteiger partial charge in [0, 0.05) is 30.7 Å². The molecule has 2 N–H and O–H groups in total. The van der Waals surface area contributed by atoms with Crippen LogP contribution in [0.1, 0.15) is 51.9 Å². The molecule has 3 aliphatic rings. The van der Waals surface area contributed by atoms with Gasteiger partial charge in [-0.05, 0) is 39.0 Å². The second kappa shape index (κ2) is 6.13. The van der Waals surface area contributed by atoms with Crippen LogP contribution >= 0.6 is 0 Å². The van der Waals surface area contributed by atoms with E-state index < -0.39 is 0 Å². The highest BCUT2D eigenvalue weighted by molar-refractivity contribution is 5.75. The van der Waals surface area contributed by atoms with E-state index in [0.29, 0.717) is 18.7 Å². The summed E-state index contributed by atoms with van der Waals surface area (Å²) in [5.41, 5.74) is 0.181. The van der Waals surface area contributed by atoms with E-state index in [2.05, 4.69) is 5.32 Å². The van der Waals surface area contributed by atoms with Crippen molar-refractivity contribution in [2.75, 3.05) is 19.8 Å². The van der Waals surface area contributed by atoms with Gasteiger partial charge in [0.05, 0.1) is 12.7 Å². The predicted octanol–water partition coefficient (Wildman–Crippen LogP) is 1.89. The van der Waals surface area contributed by atoms with E-state index in [-0.39, 0.29) is 24.1 Å². The summed E-state index contributed by atoms with van der Waals surface area (Å²) in [6.07, 6.45) is 8.26. The largest absolute Gasteiger partial charge is 0.395 e. The summed E-state index contributed by atoms with van der Waals surface area (Å²) in [6.45, 7) is 3.29. The highest BCUT2D eigenvalue weighted by atomic mass is 16.5. The van der Waals surface area contributed by atoms with Crippen molar-refractivity contribution in [1.29, 1.82) is 0 Å². The van der Waals surface area contributed by atoms with Crippen LogP contribution in [0.25, 0.3) is 0 Å². The van der Waals surface area contributed by atoms with Crippen LogP contribution in [0.3, 0.4) is 0 Å². The van der Waals surface area contributed by atoms with Crippen molar-refractivity contribution in [2.45, 2.75) is 70.1 Å². The highest BCUT2D eigenvalue weighted by Gasteiger charge is 2.57. The maximum Gasteiger partial charge on any atom is 0.317 e. The van der Waals surface area contributed by atoms with Crippen LogP contribution in [0.4, 0.5) is 4.79 Å². The van der Waals surface area contributed by atoms with Gasteiger partial charge in [-0.3, -0.25) is 0 Å². The van der Waals surface area contributed by atoms with Gasteiger partial charge >= 0.3 is 6.03 Å². The molecule has 5 nitrogen and oxygen atoms in total. The van der Waals surface area contributed by atoms with E-state index >= 15 is 0 Å². The first-order valence-electron chi connectivity index (χ1n) is 8.51. The topological polar surface area (TPSA) is 61.8 Å². The molecular formula is C16H28N2O3. The molecule has 3 rings (SSSR count). The van der Waals surface area contributed by atoms with Crippen molar-refractivity contribution in [3.8, 4) is 0 Å². The van der Waals surface area contributed by atoms with E-state index in [1.54, 1.807) is 0 Å². The zero-order valence-corrected chi connectivity index (χ0v) is 13.0. The number of aliphatic hydroxyl groups is 1. The van der Waals surface area contributed by atoms with Gasteiger partial charge in [-0.15, -0.1) is 0 Å². The second-order valence-electron chi connectivity index (χ2n) is 6.77. The molecule has 0 bridgehead atoms. The van der Waals surface area contributed by atoms with Crippen LogP contribution in [0.2, 0.25) is 0 Å². The molecule has 0 aromatic rings. The summed E-state index contributed by atoms with van der Waals surface area (Å²) in [5, 5.41) is 12.4. The van der Waals surface area contributed by atoms with Crippen LogP contribution in [0, 0.1) is 5.41 Å². The molecule has 1 spiro atoms. The van der Waals surface area contributed by atoms with Crippen LogP contribution in [0.5, 0.6) is 0 Å². The fourth-order valence-corrected chi connectivity index (χ4v) is 4.26. The number of nitrogens with zero attached hydrogens (tertiary/aromatic N) is 1. The Balaban J connectivity index is 1.60. The molecule has 3 fully saturated rings. The average Bonchev–Trinajstić information content (AvgIpc) is 3.17. The molecule has 120 valence electrons. The summed E-state index contributed by atoms with van der Waals surface area (Å²) in [5.74, 6) is 0. The smallest absolute Gasteiger partial charge is 0.317 e. The Morgan fingerprint density at radius 2 is 2.10 bits per heavy atom. The van der Waals surface area contributed by atoms with Crippen LogP contribution < -0.4 is 5.32 Å². The van der Waals surface area contributed by atoms with Gasteiger partial charge in [-0.2, -0.15) is 0 Å². The quantitative estimate of drug-likeness (QED) is 0.787. The lowest BCUT2D eigenvalue weighted by Crippen LogP contribution is -2.65. The SMILES string of the molecule is CCO[C@H]1C[C@@H](NC(=O)N(CCO)C2CC2)C12CCCC2. The van der Waals surface area contributed by atoms with Gasteiger partial charge in [0.2, 0.25) is 0 Å². The first-order chi connectivity index (χ1) is 10.2. The lowest BCUT2D eigenvalue weighted by molar-refractivity contribution is -0.127. The number of carbonyl (C=O) groups is 1.